The Morgan fingerprint density at radius 2 is 2.12 bits per heavy atom. The second-order valence-corrected chi connectivity index (χ2v) is 9.71. The number of nitrogens with zero attached hydrogens (tertiary/aromatic N) is 3. The van der Waals surface area contributed by atoms with Crippen LogP contribution in [0, 0.1) is 11.7 Å². The predicted octanol–water partition coefficient (Wildman–Crippen LogP) is 2.20. The summed E-state index contributed by atoms with van der Waals surface area (Å²) >= 11 is 0. The van der Waals surface area contributed by atoms with Crippen LogP contribution in [0.25, 0.3) is 11.0 Å². The van der Waals surface area contributed by atoms with Crippen molar-refractivity contribution in [3.63, 3.8) is 0 Å². The van der Waals surface area contributed by atoms with E-state index in [-0.39, 0.29) is 30.4 Å². The highest BCUT2D eigenvalue weighted by molar-refractivity contribution is 7.84. The van der Waals surface area contributed by atoms with Gasteiger partial charge in [-0.05, 0) is 55.0 Å². The Morgan fingerprint density at radius 3 is 2.94 bits per heavy atom. The third-order valence-electron chi connectivity index (χ3n) is 6.48. The molecule has 0 spiro atoms. The van der Waals surface area contributed by atoms with E-state index in [1.165, 1.54) is 12.4 Å². The zero-order valence-corrected chi connectivity index (χ0v) is 18.0. The topological polar surface area (TPSA) is 132 Å². The van der Waals surface area contributed by atoms with Crippen molar-refractivity contribution in [3.8, 4) is 0 Å². The molecule has 1 saturated carbocycles. The summed E-state index contributed by atoms with van der Waals surface area (Å²) in [5.74, 6) is 0.131. The second-order valence-electron chi connectivity index (χ2n) is 8.49. The van der Waals surface area contributed by atoms with Gasteiger partial charge in [0.1, 0.15) is 23.6 Å². The number of aromatic nitrogens is 3. The van der Waals surface area contributed by atoms with Gasteiger partial charge in [0.15, 0.2) is 0 Å². The lowest BCUT2D eigenvalue weighted by molar-refractivity contribution is 0.100. The molecule has 1 aromatic carbocycles. The van der Waals surface area contributed by atoms with E-state index in [2.05, 4.69) is 19.5 Å². The van der Waals surface area contributed by atoms with Crippen LogP contribution in [-0.2, 0) is 20.9 Å². The van der Waals surface area contributed by atoms with Crippen molar-refractivity contribution < 1.29 is 22.1 Å². The van der Waals surface area contributed by atoms with Gasteiger partial charge in [-0.15, -0.1) is 0 Å². The van der Waals surface area contributed by atoms with Gasteiger partial charge < -0.3 is 15.0 Å². The zero-order chi connectivity index (χ0) is 22.5. The first kappa shape index (κ1) is 21.3. The lowest BCUT2D eigenvalue weighted by Crippen LogP contribution is -2.24. The molecule has 0 bridgehead atoms. The fraction of sp³-hybridized carbons (Fsp3) is 0.429. The van der Waals surface area contributed by atoms with Gasteiger partial charge in [-0.25, -0.2) is 19.5 Å². The van der Waals surface area contributed by atoms with Crippen molar-refractivity contribution in [2.45, 2.75) is 43.9 Å². The average Bonchev–Trinajstić information content (AvgIpc) is 3.43. The third kappa shape index (κ3) is 4.08. The molecule has 9 nitrogen and oxygen atoms in total. The summed E-state index contributed by atoms with van der Waals surface area (Å²) in [6.45, 7) is -0.154. The van der Waals surface area contributed by atoms with Crippen LogP contribution < -0.4 is 10.5 Å². The van der Waals surface area contributed by atoms with Crippen molar-refractivity contribution in [1.82, 2.24) is 14.5 Å². The number of halogens is 1. The molecular formula is C21H24FN5O4S. The van der Waals surface area contributed by atoms with Gasteiger partial charge in [-0.1, -0.05) is 6.07 Å². The molecule has 2 aliphatic carbocycles. The quantitative estimate of drug-likeness (QED) is 0.513. The number of fused-ring (bicyclic) bond motifs is 2. The van der Waals surface area contributed by atoms with Crippen molar-refractivity contribution in [3.05, 3.63) is 53.7 Å². The molecule has 32 heavy (non-hydrogen) atoms. The number of nitrogens with two attached hydrogens (primary N) is 1. The predicted molar refractivity (Wildman–Crippen MR) is 115 cm³/mol. The normalized spacial score (nSPS) is 25.3. The van der Waals surface area contributed by atoms with Crippen molar-refractivity contribution in [2.24, 2.45) is 11.1 Å². The first-order chi connectivity index (χ1) is 15.3. The highest BCUT2D eigenvalue weighted by atomic mass is 32.2. The van der Waals surface area contributed by atoms with Gasteiger partial charge in [0.2, 0.25) is 0 Å². The van der Waals surface area contributed by atoms with Crippen molar-refractivity contribution in [2.75, 3.05) is 11.9 Å². The molecule has 4 atom stereocenters. The van der Waals surface area contributed by atoms with Crippen LogP contribution >= 0.6 is 0 Å². The Kier molecular flexibility index (Phi) is 5.36. The number of benzene rings is 1. The van der Waals surface area contributed by atoms with Crippen molar-refractivity contribution in [1.29, 1.82) is 0 Å². The van der Waals surface area contributed by atoms with Crippen molar-refractivity contribution >= 4 is 27.2 Å². The van der Waals surface area contributed by atoms with E-state index in [9.17, 15) is 17.9 Å². The molecule has 1 fully saturated rings. The van der Waals surface area contributed by atoms with Crippen LogP contribution in [0.4, 0.5) is 10.2 Å². The summed E-state index contributed by atoms with van der Waals surface area (Å²) in [5.41, 5.74) is 2.82. The maximum absolute atomic E-state index is 13.5. The van der Waals surface area contributed by atoms with Gasteiger partial charge >= 0.3 is 10.3 Å². The van der Waals surface area contributed by atoms with Crippen LogP contribution in [0.2, 0.25) is 0 Å². The summed E-state index contributed by atoms with van der Waals surface area (Å²) in [4.78, 5) is 8.87. The number of aliphatic hydroxyl groups excluding tert-OH is 1. The molecule has 2 aliphatic rings. The highest BCUT2D eigenvalue weighted by Crippen LogP contribution is 2.39. The number of hydrogen-bond donors (Lipinski definition) is 3. The lowest BCUT2D eigenvalue weighted by atomic mass is 10.1. The van der Waals surface area contributed by atoms with Crippen LogP contribution in [0.15, 0.2) is 36.8 Å². The minimum Gasteiger partial charge on any atom is -0.393 e. The van der Waals surface area contributed by atoms with Crippen LogP contribution in [0.1, 0.15) is 42.5 Å². The largest absolute Gasteiger partial charge is 0.393 e. The van der Waals surface area contributed by atoms with Gasteiger partial charge in [-0.3, -0.25) is 4.18 Å². The third-order valence-corrected chi connectivity index (χ3v) is 6.94. The number of anilines is 1. The number of nitrogens with one attached hydrogen (secondary N) is 1. The molecule has 0 radical (unpaired) electrons. The Morgan fingerprint density at radius 1 is 1.28 bits per heavy atom. The van der Waals surface area contributed by atoms with E-state index < -0.39 is 16.4 Å². The summed E-state index contributed by atoms with van der Waals surface area (Å²) in [5, 5.41) is 19.6. The second kappa shape index (κ2) is 8.07. The molecular weight excluding hydrogens is 437 g/mol. The Bertz CT molecular complexity index is 1260. The summed E-state index contributed by atoms with van der Waals surface area (Å²) in [6.07, 6.45) is 5.35. The Labute approximate surface area is 184 Å². The average molecular weight is 462 g/mol. The van der Waals surface area contributed by atoms with Gasteiger partial charge in [0, 0.05) is 18.2 Å². The molecule has 2 heterocycles. The summed E-state index contributed by atoms with van der Waals surface area (Å²) < 4.78 is 42.4. The maximum atomic E-state index is 13.5. The summed E-state index contributed by atoms with van der Waals surface area (Å²) in [6, 6.07) is 6.80. The van der Waals surface area contributed by atoms with E-state index in [4.69, 9.17) is 5.14 Å². The number of aliphatic hydroxyl groups is 1. The first-order valence-electron chi connectivity index (χ1n) is 10.5. The number of rotatable bonds is 6. The molecule has 5 rings (SSSR count). The fourth-order valence-corrected chi connectivity index (χ4v) is 5.31. The van der Waals surface area contributed by atoms with Gasteiger partial charge in [0.25, 0.3) is 0 Å². The van der Waals surface area contributed by atoms with Crippen LogP contribution in [0.3, 0.4) is 0 Å². The minimum atomic E-state index is -4.05. The van der Waals surface area contributed by atoms with Crippen LogP contribution in [0.5, 0.6) is 0 Å². The van der Waals surface area contributed by atoms with Gasteiger partial charge in [-0.2, -0.15) is 8.42 Å². The van der Waals surface area contributed by atoms with E-state index in [1.54, 1.807) is 6.07 Å². The summed E-state index contributed by atoms with van der Waals surface area (Å²) in [7, 11) is -4.05. The fourth-order valence-electron chi connectivity index (χ4n) is 4.94. The molecule has 11 heteroatoms. The molecule has 0 saturated heterocycles. The minimum absolute atomic E-state index is 0.0418. The SMILES string of the molecule is NS(=O)(=O)OC[C@@H]1C[C@@H](n2ccc3c(N[C@H]4CCc5cc(F)ccc54)ncnc32)C[C@@H]1O. The molecule has 4 N–H and O–H groups in total. The Balaban J connectivity index is 1.36. The molecule has 0 aliphatic heterocycles. The number of aryl methyl sites for hydroxylation is 1. The smallest absolute Gasteiger partial charge is 0.333 e. The highest BCUT2D eigenvalue weighted by Gasteiger charge is 2.35. The molecule has 3 aromatic rings. The van der Waals surface area contributed by atoms with E-state index in [0.717, 1.165) is 35.0 Å². The monoisotopic (exact) mass is 461 g/mol. The maximum Gasteiger partial charge on any atom is 0.333 e. The number of hydrogen-bond acceptors (Lipinski definition) is 7. The molecule has 170 valence electrons. The lowest BCUT2D eigenvalue weighted by Gasteiger charge is -2.16. The van der Waals surface area contributed by atoms with Gasteiger partial charge in [0.05, 0.1) is 24.1 Å². The first-order valence-corrected chi connectivity index (χ1v) is 12.0. The van der Waals surface area contributed by atoms with Crippen LogP contribution in [-0.4, -0.2) is 40.8 Å². The van der Waals surface area contributed by atoms with E-state index in [0.29, 0.717) is 18.7 Å². The Hall–Kier alpha value is -2.60. The zero-order valence-electron chi connectivity index (χ0n) is 17.2. The standard InChI is InChI=1S/C21H24FN5O4S/c22-14-2-3-16-12(7-14)1-4-18(16)26-20-17-5-6-27(21(17)25-11-24-20)15-8-13(19(28)9-15)10-31-32(23,29)30/h2-3,5-7,11,13,15,18-19,28H,1,4,8-10H2,(H2,23,29,30)(H,24,25,26)/t13-,15+,18-,19-/m0/s1. The molecule has 0 unspecified atom stereocenters. The molecule has 2 aromatic heterocycles. The van der Waals surface area contributed by atoms with E-state index in [1.807, 2.05) is 22.9 Å². The van der Waals surface area contributed by atoms with E-state index >= 15 is 0 Å². The molecule has 0 amide bonds.